The fourth-order valence-electron chi connectivity index (χ4n) is 1.89. The summed E-state index contributed by atoms with van der Waals surface area (Å²) in [5, 5.41) is 7.00. The van der Waals surface area contributed by atoms with Crippen LogP contribution in [0.15, 0.2) is 30.4 Å². The number of benzene rings is 1. The first-order chi connectivity index (χ1) is 9.59. The predicted octanol–water partition coefficient (Wildman–Crippen LogP) is 2.12. The lowest BCUT2D eigenvalue weighted by Crippen LogP contribution is -2.19. The van der Waals surface area contributed by atoms with E-state index < -0.39 is 11.4 Å². The summed E-state index contributed by atoms with van der Waals surface area (Å²) in [6, 6.07) is 5.32. The number of carbonyl (C=O) groups is 2. The van der Waals surface area contributed by atoms with Gasteiger partial charge in [-0.25, -0.2) is 0 Å². The van der Waals surface area contributed by atoms with Gasteiger partial charge in [-0.15, -0.1) is 0 Å². The molecular formula is C16H18O4. The van der Waals surface area contributed by atoms with E-state index in [4.69, 9.17) is 9.84 Å². The normalized spacial score (nSPS) is 19.4. The zero-order valence-electron chi connectivity index (χ0n) is 11.8. The second-order valence-electron chi connectivity index (χ2n) is 4.35. The number of carbonyl (C=O) groups excluding carboxylic acids is 2. The van der Waals surface area contributed by atoms with E-state index in [0.717, 1.165) is 18.2 Å². The molecule has 0 saturated carbocycles. The third-order valence-corrected chi connectivity index (χ3v) is 3.13. The van der Waals surface area contributed by atoms with Gasteiger partial charge in [0.05, 0.1) is 0 Å². The highest BCUT2D eigenvalue weighted by molar-refractivity contribution is 6.34. The Labute approximate surface area is 118 Å². The first-order valence-electron chi connectivity index (χ1n) is 6.10. The number of methoxy groups -OCH3 is 1. The molecule has 1 aromatic rings. The molecule has 1 aromatic carbocycles. The minimum atomic E-state index is -0.508. The van der Waals surface area contributed by atoms with Gasteiger partial charge < -0.3 is 9.84 Å². The number of fused-ring (bicyclic) bond motifs is 1. The van der Waals surface area contributed by atoms with E-state index in [9.17, 15) is 9.59 Å². The summed E-state index contributed by atoms with van der Waals surface area (Å²) >= 11 is 0. The summed E-state index contributed by atoms with van der Waals surface area (Å²) in [5.74, 6) is -0.508. The molecule has 0 saturated heterocycles. The Bertz CT molecular complexity index is 558. The van der Waals surface area contributed by atoms with Crippen LogP contribution >= 0.6 is 0 Å². The number of ketones is 1. The molecular weight excluding hydrogens is 256 g/mol. The summed E-state index contributed by atoms with van der Waals surface area (Å²) < 4.78 is 5.39. The number of aliphatic hydroxyl groups is 1. The van der Waals surface area contributed by atoms with Crippen molar-refractivity contribution in [2.24, 2.45) is 0 Å². The van der Waals surface area contributed by atoms with E-state index in [-0.39, 0.29) is 0 Å². The smallest absolute Gasteiger partial charge is 0.225 e. The molecule has 0 heterocycles. The SMILES string of the molecule is CO.COC1(C)C=Cc2cccc(C(=O)C=O)c2C=C1. The molecule has 106 valence electrons. The van der Waals surface area contributed by atoms with Crippen molar-refractivity contribution in [3.8, 4) is 0 Å². The average Bonchev–Trinajstić information content (AvgIpc) is 2.69. The maximum absolute atomic E-state index is 11.6. The molecule has 1 unspecified atom stereocenters. The van der Waals surface area contributed by atoms with Gasteiger partial charge in [-0.2, -0.15) is 0 Å². The van der Waals surface area contributed by atoms with Crippen molar-refractivity contribution in [3.63, 3.8) is 0 Å². The van der Waals surface area contributed by atoms with Crippen LogP contribution in [0.3, 0.4) is 0 Å². The lowest BCUT2D eigenvalue weighted by molar-refractivity contribution is -0.104. The minimum Gasteiger partial charge on any atom is -0.400 e. The molecule has 1 aliphatic carbocycles. The summed E-state index contributed by atoms with van der Waals surface area (Å²) in [5.41, 5.74) is 1.58. The standard InChI is InChI=1S/C15H14O3.CH4O/c1-15(18-2)8-6-11-4-3-5-13(14(17)10-16)12(11)7-9-15;1-2/h3-10H,1-2H3;2H,1H3. The Morgan fingerprint density at radius 1 is 1.25 bits per heavy atom. The van der Waals surface area contributed by atoms with Crippen molar-refractivity contribution in [1.29, 1.82) is 0 Å². The van der Waals surface area contributed by atoms with Gasteiger partial charge in [0.15, 0.2) is 6.29 Å². The second-order valence-corrected chi connectivity index (χ2v) is 4.35. The number of hydrogen-bond donors (Lipinski definition) is 1. The first-order valence-corrected chi connectivity index (χ1v) is 6.10. The van der Waals surface area contributed by atoms with Crippen LogP contribution in [0.5, 0.6) is 0 Å². The molecule has 0 spiro atoms. The van der Waals surface area contributed by atoms with Gasteiger partial charge in [-0.1, -0.05) is 30.4 Å². The van der Waals surface area contributed by atoms with Crippen LogP contribution in [-0.4, -0.2) is 37.0 Å². The molecule has 0 aliphatic heterocycles. The first kappa shape index (κ1) is 16.0. The van der Waals surface area contributed by atoms with Crippen LogP contribution in [0.1, 0.15) is 28.4 Å². The van der Waals surface area contributed by atoms with E-state index in [0.29, 0.717) is 11.8 Å². The van der Waals surface area contributed by atoms with E-state index >= 15 is 0 Å². The van der Waals surface area contributed by atoms with Crippen LogP contribution in [0.2, 0.25) is 0 Å². The van der Waals surface area contributed by atoms with Crippen molar-refractivity contribution in [1.82, 2.24) is 0 Å². The molecule has 0 radical (unpaired) electrons. The molecule has 1 atom stereocenters. The Morgan fingerprint density at radius 3 is 2.50 bits per heavy atom. The number of ether oxygens (including phenoxy) is 1. The van der Waals surface area contributed by atoms with Crippen LogP contribution in [0.25, 0.3) is 12.2 Å². The fraction of sp³-hybridized carbons (Fsp3) is 0.250. The van der Waals surface area contributed by atoms with Crippen molar-refractivity contribution in [2.45, 2.75) is 12.5 Å². The van der Waals surface area contributed by atoms with Gasteiger partial charge in [0.1, 0.15) is 5.60 Å². The monoisotopic (exact) mass is 274 g/mol. The number of aliphatic hydroxyl groups excluding tert-OH is 1. The molecule has 0 bridgehead atoms. The Hall–Kier alpha value is -2.04. The van der Waals surface area contributed by atoms with E-state index in [1.807, 2.05) is 37.3 Å². The van der Waals surface area contributed by atoms with Crippen molar-refractivity contribution >= 4 is 24.2 Å². The summed E-state index contributed by atoms with van der Waals surface area (Å²) in [6.07, 6.45) is 7.87. The molecule has 4 heteroatoms. The molecule has 0 amide bonds. The lowest BCUT2D eigenvalue weighted by atomic mass is 9.98. The molecule has 2 rings (SSSR count). The number of hydrogen-bond acceptors (Lipinski definition) is 4. The second kappa shape index (κ2) is 6.93. The Kier molecular flexibility index (Phi) is 5.55. The summed E-state index contributed by atoms with van der Waals surface area (Å²) in [7, 11) is 2.63. The van der Waals surface area contributed by atoms with Gasteiger partial charge in [0.2, 0.25) is 5.78 Å². The van der Waals surface area contributed by atoms with E-state index in [2.05, 4.69) is 0 Å². The van der Waals surface area contributed by atoms with Gasteiger partial charge in [0, 0.05) is 19.8 Å². The Morgan fingerprint density at radius 2 is 1.90 bits per heavy atom. The molecule has 0 fully saturated rings. The highest BCUT2D eigenvalue weighted by Crippen LogP contribution is 2.26. The average molecular weight is 274 g/mol. The minimum absolute atomic E-state index is 0.341. The van der Waals surface area contributed by atoms with Crippen molar-refractivity contribution in [3.05, 3.63) is 47.0 Å². The van der Waals surface area contributed by atoms with Crippen LogP contribution in [-0.2, 0) is 9.53 Å². The molecule has 20 heavy (non-hydrogen) atoms. The summed E-state index contributed by atoms with van der Waals surface area (Å²) in [6.45, 7) is 1.92. The van der Waals surface area contributed by atoms with Crippen LogP contribution < -0.4 is 0 Å². The zero-order valence-corrected chi connectivity index (χ0v) is 11.8. The fourth-order valence-corrected chi connectivity index (χ4v) is 1.89. The zero-order chi connectivity index (χ0) is 15.2. The molecule has 1 aliphatic rings. The van der Waals surface area contributed by atoms with Gasteiger partial charge in [-0.05, 0) is 30.2 Å². The molecule has 1 N–H and O–H groups in total. The van der Waals surface area contributed by atoms with Gasteiger partial charge in [-0.3, -0.25) is 9.59 Å². The number of aldehydes is 1. The predicted molar refractivity (Wildman–Crippen MR) is 78.5 cm³/mol. The highest BCUT2D eigenvalue weighted by Gasteiger charge is 2.20. The van der Waals surface area contributed by atoms with Crippen LogP contribution in [0, 0.1) is 0 Å². The summed E-state index contributed by atoms with van der Waals surface area (Å²) in [4.78, 5) is 22.2. The maximum Gasteiger partial charge on any atom is 0.225 e. The number of Topliss-reactive ketones (excluding diaryl/α,β-unsaturated/α-hetero) is 1. The van der Waals surface area contributed by atoms with E-state index in [1.54, 1.807) is 19.2 Å². The van der Waals surface area contributed by atoms with Crippen molar-refractivity contribution < 1.29 is 19.4 Å². The van der Waals surface area contributed by atoms with E-state index in [1.165, 1.54) is 0 Å². The largest absolute Gasteiger partial charge is 0.400 e. The third kappa shape index (κ3) is 3.29. The van der Waals surface area contributed by atoms with Crippen LogP contribution in [0.4, 0.5) is 0 Å². The topological polar surface area (TPSA) is 63.6 Å². The lowest BCUT2D eigenvalue weighted by Gasteiger charge is -2.18. The molecule has 4 nitrogen and oxygen atoms in total. The van der Waals surface area contributed by atoms with Gasteiger partial charge >= 0.3 is 0 Å². The maximum atomic E-state index is 11.6. The third-order valence-electron chi connectivity index (χ3n) is 3.13. The quantitative estimate of drug-likeness (QED) is 0.521. The molecule has 0 aromatic heterocycles. The number of rotatable bonds is 3. The van der Waals surface area contributed by atoms with Gasteiger partial charge in [0.25, 0.3) is 0 Å². The highest BCUT2D eigenvalue weighted by atomic mass is 16.5. The Balaban J connectivity index is 0.000000956. The van der Waals surface area contributed by atoms with Crippen molar-refractivity contribution in [2.75, 3.05) is 14.2 Å².